The molecule has 0 aliphatic heterocycles. The fourth-order valence-electron chi connectivity index (χ4n) is 1.69. The lowest BCUT2D eigenvalue weighted by Gasteiger charge is -2.00. The molecule has 0 saturated carbocycles. The zero-order valence-electron chi connectivity index (χ0n) is 9.87. The Morgan fingerprint density at radius 1 is 1.17 bits per heavy atom. The van der Waals surface area contributed by atoms with Crippen LogP contribution in [0.25, 0.3) is 10.4 Å². The van der Waals surface area contributed by atoms with Crippen molar-refractivity contribution in [3.8, 4) is 10.4 Å². The normalized spacial score (nSPS) is 10.6. The third-order valence-corrected chi connectivity index (χ3v) is 4.12. The van der Waals surface area contributed by atoms with Gasteiger partial charge in [0, 0.05) is 21.3 Å². The largest absolute Gasteiger partial charge is 0.293 e. The van der Waals surface area contributed by atoms with E-state index in [1.54, 1.807) is 6.07 Å². The van der Waals surface area contributed by atoms with Gasteiger partial charge in [0.25, 0.3) is 0 Å². The van der Waals surface area contributed by atoms with Crippen LogP contribution in [0.1, 0.15) is 29.4 Å². The molecule has 0 spiro atoms. The van der Waals surface area contributed by atoms with E-state index in [9.17, 15) is 4.79 Å². The Labute approximate surface area is 120 Å². The SMILES string of the molecule is CCCC(=O)c1ccc(-c2cc(Cl)cc(Cl)c2)s1. The van der Waals surface area contributed by atoms with Crippen LogP contribution in [0.2, 0.25) is 10.0 Å². The summed E-state index contributed by atoms with van der Waals surface area (Å²) < 4.78 is 0. The van der Waals surface area contributed by atoms with Gasteiger partial charge in [-0.2, -0.15) is 0 Å². The highest BCUT2D eigenvalue weighted by molar-refractivity contribution is 7.17. The molecule has 0 fully saturated rings. The lowest BCUT2D eigenvalue weighted by Crippen LogP contribution is -1.93. The van der Waals surface area contributed by atoms with Crippen molar-refractivity contribution in [2.24, 2.45) is 0 Å². The Kier molecular flexibility index (Phi) is 4.44. The van der Waals surface area contributed by atoms with E-state index < -0.39 is 0 Å². The zero-order chi connectivity index (χ0) is 13.1. The molecule has 1 aromatic heterocycles. The van der Waals surface area contributed by atoms with Crippen molar-refractivity contribution in [2.75, 3.05) is 0 Å². The van der Waals surface area contributed by atoms with Gasteiger partial charge < -0.3 is 0 Å². The van der Waals surface area contributed by atoms with Crippen molar-refractivity contribution in [1.82, 2.24) is 0 Å². The van der Waals surface area contributed by atoms with Crippen LogP contribution in [0.4, 0.5) is 0 Å². The van der Waals surface area contributed by atoms with Crippen molar-refractivity contribution in [3.63, 3.8) is 0 Å². The minimum atomic E-state index is 0.196. The number of carbonyl (C=O) groups is 1. The monoisotopic (exact) mass is 298 g/mol. The molecule has 2 rings (SSSR count). The second-order valence-corrected chi connectivity index (χ2v) is 5.95. The Morgan fingerprint density at radius 2 is 1.83 bits per heavy atom. The molecule has 18 heavy (non-hydrogen) atoms. The van der Waals surface area contributed by atoms with Gasteiger partial charge in [-0.15, -0.1) is 11.3 Å². The molecule has 1 nitrogen and oxygen atoms in total. The van der Waals surface area contributed by atoms with E-state index in [1.165, 1.54) is 11.3 Å². The molecule has 1 aromatic carbocycles. The summed E-state index contributed by atoms with van der Waals surface area (Å²) in [6, 6.07) is 9.21. The smallest absolute Gasteiger partial charge is 0.172 e. The van der Waals surface area contributed by atoms with Gasteiger partial charge in [-0.25, -0.2) is 0 Å². The number of hydrogen-bond acceptors (Lipinski definition) is 2. The second kappa shape index (κ2) is 5.87. The maximum atomic E-state index is 11.8. The van der Waals surface area contributed by atoms with Gasteiger partial charge >= 0.3 is 0 Å². The van der Waals surface area contributed by atoms with Crippen LogP contribution in [0, 0.1) is 0 Å². The average molecular weight is 299 g/mol. The molecule has 2 aromatic rings. The number of carbonyl (C=O) groups excluding carboxylic acids is 1. The molecule has 0 unspecified atom stereocenters. The summed E-state index contributed by atoms with van der Waals surface area (Å²) in [6.07, 6.45) is 1.46. The lowest BCUT2D eigenvalue weighted by atomic mass is 10.2. The first-order valence-corrected chi connectivity index (χ1v) is 7.27. The van der Waals surface area contributed by atoms with Crippen LogP contribution in [0.3, 0.4) is 0 Å². The predicted molar refractivity (Wildman–Crippen MR) is 79.0 cm³/mol. The van der Waals surface area contributed by atoms with Crippen molar-refractivity contribution in [2.45, 2.75) is 19.8 Å². The quantitative estimate of drug-likeness (QED) is 0.661. The van der Waals surface area contributed by atoms with E-state index in [-0.39, 0.29) is 5.78 Å². The Hall–Kier alpha value is -0.830. The summed E-state index contributed by atoms with van der Waals surface area (Å²) >= 11 is 13.4. The van der Waals surface area contributed by atoms with Gasteiger partial charge in [0.1, 0.15) is 0 Å². The fourth-order valence-corrected chi connectivity index (χ4v) is 3.18. The van der Waals surface area contributed by atoms with Gasteiger partial charge in [0.15, 0.2) is 5.78 Å². The van der Waals surface area contributed by atoms with Crippen LogP contribution < -0.4 is 0 Å². The topological polar surface area (TPSA) is 17.1 Å². The van der Waals surface area contributed by atoms with E-state index in [2.05, 4.69) is 0 Å². The molecule has 0 aliphatic carbocycles. The molecule has 0 saturated heterocycles. The molecular formula is C14H12Cl2OS. The first-order chi connectivity index (χ1) is 8.60. The van der Waals surface area contributed by atoms with Gasteiger partial charge in [0.05, 0.1) is 4.88 Å². The standard InChI is InChI=1S/C14H12Cl2OS/c1-2-3-12(17)14-5-4-13(18-14)9-6-10(15)8-11(16)7-9/h4-8H,2-3H2,1H3. The number of halogens is 2. The maximum absolute atomic E-state index is 11.8. The molecule has 0 bridgehead atoms. The minimum absolute atomic E-state index is 0.196. The van der Waals surface area contributed by atoms with Gasteiger partial charge in [-0.05, 0) is 42.3 Å². The van der Waals surface area contributed by atoms with Crippen molar-refractivity contribution >= 4 is 40.3 Å². The van der Waals surface area contributed by atoms with Gasteiger partial charge in [-0.3, -0.25) is 4.79 Å². The molecule has 0 N–H and O–H groups in total. The summed E-state index contributed by atoms with van der Waals surface area (Å²) in [5.74, 6) is 0.196. The van der Waals surface area contributed by atoms with Crippen LogP contribution in [0.15, 0.2) is 30.3 Å². The third-order valence-electron chi connectivity index (χ3n) is 2.50. The highest BCUT2D eigenvalue weighted by Crippen LogP contribution is 2.32. The molecular weight excluding hydrogens is 287 g/mol. The van der Waals surface area contributed by atoms with E-state index >= 15 is 0 Å². The number of hydrogen-bond donors (Lipinski definition) is 0. The molecule has 1 heterocycles. The van der Waals surface area contributed by atoms with Gasteiger partial charge in [0.2, 0.25) is 0 Å². The van der Waals surface area contributed by atoms with Crippen LogP contribution in [-0.4, -0.2) is 5.78 Å². The molecule has 0 atom stereocenters. The van der Waals surface area contributed by atoms with Crippen molar-refractivity contribution in [1.29, 1.82) is 0 Å². The van der Waals surface area contributed by atoms with Crippen LogP contribution in [0.5, 0.6) is 0 Å². The van der Waals surface area contributed by atoms with E-state index in [0.717, 1.165) is 21.7 Å². The average Bonchev–Trinajstić information content (AvgIpc) is 2.77. The Morgan fingerprint density at radius 3 is 2.44 bits per heavy atom. The number of ketones is 1. The van der Waals surface area contributed by atoms with Crippen molar-refractivity contribution < 1.29 is 4.79 Å². The third kappa shape index (κ3) is 3.14. The van der Waals surface area contributed by atoms with Gasteiger partial charge in [-0.1, -0.05) is 30.1 Å². The van der Waals surface area contributed by atoms with Crippen molar-refractivity contribution in [3.05, 3.63) is 45.3 Å². The second-order valence-electron chi connectivity index (χ2n) is 4.00. The summed E-state index contributed by atoms with van der Waals surface area (Å²) in [7, 11) is 0. The Bertz CT molecular complexity index is 555. The molecule has 0 aliphatic rings. The number of rotatable bonds is 4. The van der Waals surface area contributed by atoms with E-state index in [4.69, 9.17) is 23.2 Å². The number of thiophene rings is 1. The summed E-state index contributed by atoms with van der Waals surface area (Å²) in [5, 5.41) is 1.21. The first-order valence-electron chi connectivity index (χ1n) is 5.69. The summed E-state index contributed by atoms with van der Waals surface area (Å²) in [6.45, 7) is 2.00. The Balaban J connectivity index is 2.32. The summed E-state index contributed by atoms with van der Waals surface area (Å²) in [5.41, 5.74) is 0.952. The highest BCUT2D eigenvalue weighted by atomic mass is 35.5. The fraction of sp³-hybridized carbons (Fsp3) is 0.214. The maximum Gasteiger partial charge on any atom is 0.172 e. The predicted octanol–water partition coefficient (Wildman–Crippen LogP) is 5.70. The van der Waals surface area contributed by atoms with Crippen LogP contribution >= 0.6 is 34.5 Å². The molecule has 0 radical (unpaired) electrons. The van der Waals surface area contributed by atoms with E-state index in [1.807, 2.05) is 31.2 Å². The first kappa shape index (κ1) is 13.6. The molecule has 0 amide bonds. The number of benzene rings is 1. The molecule has 94 valence electrons. The highest BCUT2D eigenvalue weighted by Gasteiger charge is 2.10. The zero-order valence-corrected chi connectivity index (χ0v) is 12.2. The number of Topliss-reactive ketones (excluding diaryl/α,β-unsaturated/α-hetero) is 1. The van der Waals surface area contributed by atoms with Crippen LogP contribution in [-0.2, 0) is 0 Å². The minimum Gasteiger partial charge on any atom is -0.293 e. The summed E-state index contributed by atoms with van der Waals surface area (Å²) in [4.78, 5) is 13.6. The van der Waals surface area contributed by atoms with E-state index in [0.29, 0.717) is 16.5 Å². The lowest BCUT2D eigenvalue weighted by molar-refractivity contribution is 0.0985. The molecule has 4 heteroatoms.